The van der Waals surface area contributed by atoms with Crippen LogP contribution in [-0.2, 0) is 28.3 Å². The molecule has 0 saturated carbocycles. The van der Waals surface area contributed by atoms with Gasteiger partial charge in [0.15, 0.2) is 17.7 Å². The van der Waals surface area contributed by atoms with Crippen LogP contribution in [0.5, 0.6) is 0 Å². The molecule has 13 heteroatoms. The second-order valence-electron chi connectivity index (χ2n) is 8.64. The van der Waals surface area contributed by atoms with Crippen LogP contribution >= 0.6 is 0 Å². The Balaban J connectivity index is 1.29. The quantitative estimate of drug-likeness (QED) is 0.299. The number of aromatic nitrogens is 4. The van der Waals surface area contributed by atoms with E-state index < -0.39 is 41.8 Å². The van der Waals surface area contributed by atoms with Crippen molar-refractivity contribution >= 4 is 39.7 Å². The summed E-state index contributed by atoms with van der Waals surface area (Å²) < 4.78 is 51.4. The third-order valence-electron chi connectivity index (χ3n) is 6.28. The third kappa shape index (κ3) is 4.04. The predicted molar refractivity (Wildman–Crippen MR) is 130 cm³/mol. The van der Waals surface area contributed by atoms with E-state index in [0.29, 0.717) is 11.2 Å². The van der Waals surface area contributed by atoms with Crippen LogP contribution in [0.4, 0.5) is 5.82 Å². The molecule has 2 aromatic heterocycles. The van der Waals surface area contributed by atoms with Gasteiger partial charge in [-0.3, -0.25) is 8.75 Å². The largest absolute Gasteiger partial charge is 0.494 e. The van der Waals surface area contributed by atoms with Gasteiger partial charge in [-0.05, 0) is 24.5 Å². The van der Waals surface area contributed by atoms with Crippen molar-refractivity contribution < 1.29 is 26.6 Å². The van der Waals surface area contributed by atoms with Crippen LogP contribution in [0.2, 0.25) is 0 Å². The molecule has 4 unspecified atom stereocenters. The lowest BCUT2D eigenvalue weighted by molar-refractivity contribution is -0.0525. The minimum absolute atomic E-state index is 0.0673. The van der Waals surface area contributed by atoms with Gasteiger partial charge in [0, 0.05) is 0 Å². The van der Waals surface area contributed by atoms with E-state index in [0.717, 1.165) is 11.0 Å². The first kappa shape index (κ1) is 23.1. The van der Waals surface area contributed by atoms with E-state index in [4.69, 9.17) is 24.0 Å². The normalized spacial score (nSPS) is 23.9. The molecule has 4 heterocycles. The van der Waals surface area contributed by atoms with E-state index >= 15 is 0 Å². The van der Waals surface area contributed by atoms with Gasteiger partial charge in [-0.15, -0.1) is 0 Å². The smallest absolute Gasteiger partial charge is 0.399 e. The summed E-state index contributed by atoms with van der Waals surface area (Å²) in [7, 11) is -4.66. The number of benzene rings is 2. The monoisotopic (exact) mass is 507 g/mol. The molecule has 0 bridgehead atoms. The number of nitrogen functional groups attached to an aromatic ring is 1. The molecular formula is C23H22BN5O6S. The average molecular weight is 507 g/mol. The van der Waals surface area contributed by atoms with Crippen molar-refractivity contribution in [2.75, 3.05) is 12.3 Å². The Kier molecular flexibility index (Phi) is 5.73. The number of nitrogens with two attached hydrogens (primary N) is 1. The van der Waals surface area contributed by atoms with Crippen LogP contribution in [0, 0.1) is 6.92 Å². The van der Waals surface area contributed by atoms with Gasteiger partial charge in [0.2, 0.25) is 0 Å². The van der Waals surface area contributed by atoms with Crippen molar-refractivity contribution in [2.45, 2.75) is 36.4 Å². The van der Waals surface area contributed by atoms with Gasteiger partial charge in [-0.1, -0.05) is 48.0 Å². The lowest BCUT2D eigenvalue weighted by Crippen LogP contribution is -2.37. The molecule has 4 atom stereocenters. The Morgan fingerprint density at radius 3 is 2.56 bits per heavy atom. The summed E-state index contributed by atoms with van der Waals surface area (Å²) in [5.41, 5.74) is 8.62. The topological polar surface area (TPSA) is 141 Å². The maximum Gasteiger partial charge on any atom is 0.494 e. The van der Waals surface area contributed by atoms with Crippen molar-refractivity contribution in [1.29, 1.82) is 0 Å². The minimum Gasteiger partial charge on any atom is -0.399 e. The van der Waals surface area contributed by atoms with Crippen molar-refractivity contribution in [1.82, 2.24) is 19.5 Å². The van der Waals surface area contributed by atoms with Crippen molar-refractivity contribution in [3.63, 3.8) is 0 Å². The second kappa shape index (κ2) is 8.94. The Hall–Kier alpha value is -3.36. The van der Waals surface area contributed by atoms with E-state index in [1.54, 1.807) is 23.0 Å². The highest BCUT2D eigenvalue weighted by atomic mass is 32.2. The van der Waals surface area contributed by atoms with Crippen molar-refractivity contribution in [3.8, 4) is 0 Å². The molecular weight excluding hydrogens is 485 g/mol. The standard InChI is InChI=1S/C23H22BN5O6S/c1-14-7-9-16(10-8-14)36(30,31)32-11-17-19-20(35-24(34-19)15-5-3-2-4-6-15)23(33-17)29-13-28-18-21(25)26-12-27-22(18)29/h2-10,12-13,17,19-20,23H,11H2,1H3,(H2,25,26,27). The summed E-state index contributed by atoms with van der Waals surface area (Å²) in [6.45, 7) is 1.62. The molecule has 184 valence electrons. The van der Waals surface area contributed by atoms with Gasteiger partial charge in [-0.2, -0.15) is 8.42 Å². The lowest BCUT2D eigenvalue weighted by atomic mass is 9.79. The van der Waals surface area contributed by atoms with Crippen LogP contribution in [0.1, 0.15) is 11.8 Å². The number of imidazole rings is 1. The van der Waals surface area contributed by atoms with Crippen LogP contribution in [0.15, 0.2) is 72.1 Å². The highest BCUT2D eigenvalue weighted by Crippen LogP contribution is 2.40. The first-order chi connectivity index (χ1) is 17.4. The SMILES string of the molecule is Cc1ccc(S(=O)(=O)OCC2OC(n3cnc4c(N)ncnc43)C3OB(c4ccccc4)OC23)cc1. The molecule has 0 radical (unpaired) electrons. The second-order valence-corrected chi connectivity index (χ2v) is 10.3. The fourth-order valence-corrected chi connectivity index (χ4v) is 5.36. The molecule has 0 amide bonds. The van der Waals surface area contributed by atoms with Crippen LogP contribution in [-0.4, -0.2) is 60.0 Å². The summed E-state index contributed by atoms with van der Waals surface area (Å²) in [4.78, 5) is 12.7. The van der Waals surface area contributed by atoms with Gasteiger partial charge in [0.25, 0.3) is 10.1 Å². The summed E-state index contributed by atoms with van der Waals surface area (Å²) in [5, 5.41) is 0. The summed E-state index contributed by atoms with van der Waals surface area (Å²) >= 11 is 0. The zero-order chi connectivity index (χ0) is 24.9. The van der Waals surface area contributed by atoms with Gasteiger partial charge < -0.3 is 19.8 Å². The first-order valence-electron chi connectivity index (χ1n) is 11.3. The van der Waals surface area contributed by atoms with Gasteiger partial charge >= 0.3 is 7.12 Å². The van der Waals surface area contributed by atoms with E-state index in [-0.39, 0.29) is 17.3 Å². The zero-order valence-electron chi connectivity index (χ0n) is 19.2. The molecule has 0 aliphatic carbocycles. The van der Waals surface area contributed by atoms with Crippen molar-refractivity contribution in [2.24, 2.45) is 0 Å². The van der Waals surface area contributed by atoms with E-state index in [1.165, 1.54) is 18.5 Å². The van der Waals surface area contributed by atoms with Crippen LogP contribution in [0.3, 0.4) is 0 Å². The third-order valence-corrected chi connectivity index (χ3v) is 7.57. The number of hydrogen-bond acceptors (Lipinski definition) is 10. The Bertz CT molecular complexity index is 1500. The molecule has 36 heavy (non-hydrogen) atoms. The molecule has 2 saturated heterocycles. The van der Waals surface area contributed by atoms with E-state index in [1.807, 2.05) is 37.3 Å². The first-order valence-corrected chi connectivity index (χ1v) is 12.7. The number of fused-ring (bicyclic) bond motifs is 2. The number of nitrogens with zero attached hydrogens (tertiary/aromatic N) is 4. The Morgan fingerprint density at radius 1 is 1.03 bits per heavy atom. The van der Waals surface area contributed by atoms with Crippen LogP contribution in [0.25, 0.3) is 11.2 Å². The molecule has 0 spiro atoms. The zero-order valence-corrected chi connectivity index (χ0v) is 20.0. The molecule has 2 aliphatic heterocycles. The van der Waals surface area contributed by atoms with E-state index in [9.17, 15) is 8.42 Å². The van der Waals surface area contributed by atoms with Crippen LogP contribution < -0.4 is 11.2 Å². The number of aryl methyl sites for hydroxylation is 1. The number of rotatable bonds is 6. The Labute approximate surface area is 207 Å². The van der Waals surface area contributed by atoms with Crippen molar-refractivity contribution in [3.05, 3.63) is 72.8 Å². The minimum atomic E-state index is -4.00. The molecule has 4 aromatic rings. The van der Waals surface area contributed by atoms with Gasteiger partial charge in [0.05, 0.1) is 17.8 Å². The molecule has 2 N–H and O–H groups in total. The summed E-state index contributed by atoms with van der Waals surface area (Å²) in [5.74, 6) is 0.239. The van der Waals surface area contributed by atoms with Gasteiger partial charge in [-0.25, -0.2) is 15.0 Å². The lowest BCUT2D eigenvalue weighted by Gasteiger charge is -2.20. The molecule has 2 aromatic carbocycles. The van der Waals surface area contributed by atoms with Gasteiger partial charge in [0.1, 0.15) is 30.2 Å². The van der Waals surface area contributed by atoms with E-state index in [2.05, 4.69) is 15.0 Å². The Morgan fingerprint density at radius 2 is 1.78 bits per heavy atom. The number of ether oxygens (including phenoxy) is 1. The highest BCUT2D eigenvalue weighted by Gasteiger charge is 2.55. The number of hydrogen-bond donors (Lipinski definition) is 1. The summed E-state index contributed by atoms with van der Waals surface area (Å²) in [6.07, 6.45) is 0.243. The average Bonchev–Trinajstić information content (AvgIpc) is 3.58. The fraction of sp³-hybridized carbons (Fsp3) is 0.261. The molecule has 2 aliphatic rings. The molecule has 11 nitrogen and oxygen atoms in total. The highest BCUT2D eigenvalue weighted by molar-refractivity contribution is 7.86. The number of anilines is 1. The summed E-state index contributed by atoms with van der Waals surface area (Å²) in [6, 6.07) is 15.9. The predicted octanol–water partition coefficient (Wildman–Crippen LogP) is 1.20. The maximum absolute atomic E-state index is 12.8. The maximum atomic E-state index is 12.8. The molecule has 6 rings (SSSR count). The fourth-order valence-electron chi connectivity index (χ4n) is 4.45. The molecule has 2 fully saturated rings.